The van der Waals surface area contributed by atoms with Gasteiger partial charge in [0.05, 0.1) is 13.7 Å². The first kappa shape index (κ1) is 23.2. The summed E-state index contributed by atoms with van der Waals surface area (Å²) in [6.07, 6.45) is 4.35. The Morgan fingerprint density at radius 1 is 1.00 bits per heavy atom. The second-order valence-electron chi connectivity index (χ2n) is 7.34. The first-order valence-corrected chi connectivity index (χ1v) is 10.5. The minimum absolute atomic E-state index is 0.00178. The molecule has 1 N–H and O–H groups in total. The number of imide groups is 1. The number of amides is 3. The number of nitrogens with one attached hydrogen (secondary N) is 1. The van der Waals surface area contributed by atoms with Crippen LogP contribution in [0.15, 0.2) is 82.9 Å². The van der Waals surface area contributed by atoms with Crippen molar-refractivity contribution in [1.29, 1.82) is 0 Å². The molecule has 2 heterocycles. The summed E-state index contributed by atoms with van der Waals surface area (Å²) < 4.78 is 15.3. The van der Waals surface area contributed by atoms with E-state index in [9.17, 15) is 19.2 Å². The van der Waals surface area contributed by atoms with Crippen LogP contribution in [0.25, 0.3) is 12.2 Å². The Kier molecular flexibility index (Phi) is 6.87. The highest BCUT2D eigenvalue weighted by atomic mass is 16.5. The maximum absolute atomic E-state index is 12.8. The first-order valence-electron chi connectivity index (χ1n) is 10.5. The summed E-state index contributed by atoms with van der Waals surface area (Å²) in [6, 6.07) is 18.1. The van der Waals surface area contributed by atoms with Crippen molar-refractivity contribution in [3.8, 4) is 5.75 Å². The average molecular weight is 472 g/mol. The molecule has 4 rings (SSSR count). The van der Waals surface area contributed by atoms with E-state index in [0.29, 0.717) is 5.56 Å². The highest BCUT2D eigenvalue weighted by molar-refractivity contribution is 6.14. The lowest BCUT2D eigenvalue weighted by Crippen LogP contribution is -2.30. The zero-order valence-corrected chi connectivity index (χ0v) is 18.6. The Balaban J connectivity index is 1.48. The predicted octanol–water partition coefficient (Wildman–Crippen LogP) is 3.78. The van der Waals surface area contributed by atoms with Crippen molar-refractivity contribution in [3.63, 3.8) is 0 Å². The minimum atomic E-state index is -0.668. The van der Waals surface area contributed by atoms with Crippen molar-refractivity contribution in [3.05, 3.63) is 101 Å². The molecule has 2 aromatic carbocycles. The fourth-order valence-electron chi connectivity index (χ4n) is 3.26. The monoisotopic (exact) mass is 472 g/mol. The zero-order valence-electron chi connectivity index (χ0n) is 18.6. The number of rotatable bonds is 7. The number of carbonyl (C=O) groups excluding carboxylic acids is 4. The number of urea groups is 1. The van der Waals surface area contributed by atoms with E-state index in [1.54, 1.807) is 30.3 Å². The van der Waals surface area contributed by atoms with Crippen molar-refractivity contribution in [2.45, 2.75) is 6.54 Å². The number of methoxy groups -OCH3 is 1. The lowest BCUT2D eigenvalue weighted by molar-refractivity contribution is -0.129. The maximum Gasteiger partial charge on any atom is 0.373 e. The predicted molar refractivity (Wildman–Crippen MR) is 125 cm³/mol. The van der Waals surface area contributed by atoms with Crippen molar-refractivity contribution in [1.82, 2.24) is 10.2 Å². The Labute approximate surface area is 200 Å². The first-order chi connectivity index (χ1) is 16.9. The van der Waals surface area contributed by atoms with Crippen LogP contribution in [0.5, 0.6) is 5.75 Å². The van der Waals surface area contributed by atoms with Crippen LogP contribution in [-0.2, 0) is 20.9 Å². The van der Waals surface area contributed by atoms with Crippen LogP contribution < -0.4 is 10.1 Å². The molecule has 1 fully saturated rings. The molecule has 0 atom stereocenters. The highest BCUT2D eigenvalue weighted by Gasteiger charge is 2.34. The van der Waals surface area contributed by atoms with E-state index in [1.807, 2.05) is 30.3 Å². The van der Waals surface area contributed by atoms with Gasteiger partial charge in [-0.3, -0.25) is 9.69 Å². The van der Waals surface area contributed by atoms with Crippen LogP contribution >= 0.6 is 0 Å². The Hall–Kier alpha value is -4.92. The quantitative estimate of drug-likeness (QED) is 0.241. The molecule has 3 amide bonds. The summed E-state index contributed by atoms with van der Waals surface area (Å²) in [5, 5.41) is 2.50. The molecule has 0 saturated carbocycles. The number of esters is 2. The van der Waals surface area contributed by atoms with E-state index in [4.69, 9.17) is 9.15 Å². The second-order valence-corrected chi connectivity index (χ2v) is 7.34. The molecule has 0 spiro atoms. The van der Waals surface area contributed by atoms with Gasteiger partial charge < -0.3 is 19.2 Å². The normalized spacial score (nSPS) is 14.4. The van der Waals surface area contributed by atoms with Gasteiger partial charge in [0.25, 0.3) is 5.91 Å². The molecule has 1 aromatic heterocycles. The smallest absolute Gasteiger partial charge is 0.373 e. The van der Waals surface area contributed by atoms with Crippen molar-refractivity contribution in [2.75, 3.05) is 7.11 Å². The van der Waals surface area contributed by atoms with E-state index in [1.165, 1.54) is 31.4 Å². The molecule has 1 saturated heterocycles. The van der Waals surface area contributed by atoms with Gasteiger partial charge in [0, 0.05) is 11.6 Å². The number of hydrogen-bond donors (Lipinski definition) is 1. The number of para-hydroxylation sites is 1. The van der Waals surface area contributed by atoms with E-state index < -0.39 is 23.9 Å². The third-order valence-electron chi connectivity index (χ3n) is 4.97. The van der Waals surface area contributed by atoms with E-state index >= 15 is 0 Å². The van der Waals surface area contributed by atoms with Gasteiger partial charge >= 0.3 is 18.0 Å². The summed E-state index contributed by atoms with van der Waals surface area (Å²) in [6.45, 7) is -0.181. The van der Waals surface area contributed by atoms with Gasteiger partial charge in [0.2, 0.25) is 5.76 Å². The summed E-state index contributed by atoms with van der Waals surface area (Å²) in [5.41, 5.74) is 1.26. The Morgan fingerprint density at radius 3 is 2.51 bits per heavy atom. The van der Waals surface area contributed by atoms with E-state index in [-0.39, 0.29) is 29.5 Å². The van der Waals surface area contributed by atoms with Crippen molar-refractivity contribution < 1.29 is 33.1 Å². The average Bonchev–Trinajstić information content (AvgIpc) is 3.44. The Bertz CT molecular complexity index is 1340. The van der Waals surface area contributed by atoms with Crippen molar-refractivity contribution in [2.24, 2.45) is 0 Å². The summed E-state index contributed by atoms with van der Waals surface area (Å²) in [5.74, 6) is -1.45. The Morgan fingerprint density at radius 2 is 1.74 bits per heavy atom. The molecule has 176 valence electrons. The molecule has 0 aliphatic carbocycles. The van der Waals surface area contributed by atoms with Gasteiger partial charge in [-0.1, -0.05) is 48.5 Å². The maximum atomic E-state index is 12.8. The molecule has 0 bridgehead atoms. The molecular formula is C26H20N2O7. The number of benzene rings is 2. The fraction of sp³-hybridized carbons (Fsp3) is 0.0769. The van der Waals surface area contributed by atoms with Gasteiger partial charge in [0.15, 0.2) is 0 Å². The van der Waals surface area contributed by atoms with Gasteiger partial charge in [-0.05, 0) is 35.9 Å². The molecule has 0 radical (unpaired) electrons. The summed E-state index contributed by atoms with van der Waals surface area (Å²) in [4.78, 5) is 50.0. The standard InChI is InChI=1S/C26H20N2O7/c1-33-25(31)22-13-12-19(34-22)16-28-24(30)20(27-26(28)32)15-18-9-5-6-10-21(18)35-23(29)14-11-17-7-3-2-4-8-17/h2-15H,16H2,1H3,(H,27,32)/b14-11+,20-15+. The van der Waals surface area contributed by atoms with Crippen LogP contribution in [0.2, 0.25) is 0 Å². The number of hydrogen-bond acceptors (Lipinski definition) is 7. The molecule has 0 unspecified atom stereocenters. The SMILES string of the molecule is COC(=O)c1ccc(CN2C(=O)N/C(=C/c3ccccc3OC(=O)/C=C/c3ccccc3)C2=O)o1. The molecule has 9 heteroatoms. The van der Waals surface area contributed by atoms with Gasteiger partial charge in [-0.15, -0.1) is 0 Å². The van der Waals surface area contributed by atoms with Gasteiger partial charge in [0.1, 0.15) is 17.2 Å². The topological polar surface area (TPSA) is 115 Å². The van der Waals surface area contributed by atoms with Crippen LogP contribution in [0.3, 0.4) is 0 Å². The molecule has 35 heavy (non-hydrogen) atoms. The molecule has 9 nitrogen and oxygen atoms in total. The van der Waals surface area contributed by atoms with Gasteiger partial charge in [-0.2, -0.15) is 0 Å². The largest absolute Gasteiger partial charge is 0.463 e. The van der Waals surface area contributed by atoms with Crippen LogP contribution in [0, 0.1) is 0 Å². The molecule has 3 aromatic rings. The molecule has 1 aliphatic rings. The molecular weight excluding hydrogens is 452 g/mol. The minimum Gasteiger partial charge on any atom is -0.463 e. The summed E-state index contributed by atoms with van der Waals surface area (Å²) in [7, 11) is 1.22. The number of nitrogens with zero attached hydrogens (tertiary/aromatic N) is 1. The number of furan rings is 1. The third-order valence-corrected chi connectivity index (χ3v) is 4.97. The van der Waals surface area contributed by atoms with Crippen LogP contribution in [0.1, 0.15) is 27.4 Å². The summed E-state index contributed by atoms with van der Waals surface area (Å²) >= 11 is 0. The fourth-order valence-corrected chi connectivity index (χ4v) is 3.26. The zero-order chi connectivity index (χ0) is 24.8. The lowest BCUT2D eigenvalue weighted by atomic mass is 10.1. The second kappa shape index (κ2) is 10.3. The lowest BCUT2D eigenvalue weighted by Gasteiger charge is -2.09. The van der Waals surface area contributed by atoms with Gasteiger partial charge in [-0.25, -0.2) is 14.4 Å². The molecule has 1 aliphatic heterocycles. The van der Waals surface area contributed by atoms with Crippen molar-refractivity contribution >= 4 is 36.0 Å². The highest BCUT2D eigenvalue weighted by Crippen LogP contribution is 2.24. The number of ether oxygens (including phenoxy) is 2. The third kappa shape index (κ3) is 5.53. The van der Waals surface area contributed by atoms with E-state index in [2.05, 4.69) is 10.1 Å². The number of carbonyl (C=O) groups is 4. The van der Waals surface area contributed by atoms with Crippen LogP contribution in [-0.4, -0.2) is 35.9 Å². The van der Waals surface area contributed by atoms with E-state index in [0.717, 1.165) is 10.5 Å². The van der Waals surface area contributed by atoms with Crippen LogP contribution in [0.4, 0.5) is 4.79 Å².